The summed E-state index contributed by atoms with van der Waals surface area (Å²) in [6.07, 6.45) is 2.69. The highest BCUT2D eigenvalue weighted by atomic mass is 35.5. The van der Waals surface area contributed by atoms with Crippen LogP contribution in [0.4, 0.5) is 5.00 Å². The molecule has 1 aliphatic rings. The van der Waals surface area contributed by atoms with Crippen LogP contribution in [0, 0.1) is 0 Å². The molecule has 0 amide bonds. The summed E-state index contributed by atoms with van der Waals surface area (Å²) in [5.41, 5.74) is 3.33. The Bertz CT molecular complexity index is 1210. The molecule has 0 spiro atoms. The topological polar surface area (TPSA) is 81.7 Å². The lowest BCUT2D eigenvalue weighted by Crippen LogP contribution is -2.17. The van der Waals surface area contributed by atoms with Gasteiger partial charge in [-0.3, -0.25) is 9.59 Å². The van der Waals surface area contributed by atoms with Crippen molar-refractivity contribution in [2.45, 2.75) is 31.6 Å². The molecule has 2 aromatic carbocycles. The quantitative estimate of drug-likeness (QED) is 0.293. The summed E-state index contributed by atoms with van der Waals surface area (Å²) in [5, 5.41) is 4.45. The van der Waals surface area contributed by atoms with Gasteiger partial charge in [-0.2, -0.15) is 0 Å². The number of halogens is 1. The molecular formula is C27H26ClNO5S. The van der Waals surface area contributed by atoms with Gasteiger partial charge in [0.15, 0.2) is 12.4 Å². The maximum atomic E-state index is 12.6. The van der Waals surface area contributed by atoms with Crippen molar-refractivity contribution in [3.63, 3.8) is 0 Å². The number of carbonyl (C=O) groups is 3. The van der Waals surface area contributed by atoms with Gasteiger partial charge in [-0.1, -0.05) is 41.9 Å². The molecule has 0 saturated heterocycles. The van der Waals surface area contributed by atoms with Gasteiger partial charge in [-0.05, 0) is 60.6 Å². The molecular weight excluding hydrogens is 486 g/mol. The maximum absolute atomic E-state index is 12.6. The molecule has 8 heteroatoms. The highest BCUT2D eigenvalue weighted by Gasteiger charge is 2.30. The van der Waals surface area contributed by atoms with Crippen molar-refractivity contribution in [1.82, 2.24) is 0 Å². The maximum Gasteiger partial charge on any atom is 0.341 e. The van der Waals surface area contributed by atoms with Crippen LogP contribution in [0.1, 0.15) is 55.5 Å². The molecule has 35 heavy (non-hydrogen) atoms. The summed E-state index contributed by atoms with van der Waals surface area (Å²) >= 11 is 7.37. The average Bonchev–Trinajstić information content (AvgIpc) is 3.25. The molecule has 0 radical (unpaired) electrons. The van der Waals surface area contributed by atoms with E-state index >= 15 is 0 Å². The highest BCUT2D eigenvalue weighted by molar-refractivity contribution is 7.16. The fourth-order valence-corrected chi connectivity index (χ4v) is 5.72. The predicted octanol–water partition coefficient (Wildman–Crippen LogP) is 5.69. The summed E-state index contributed by atoms with van der Waals surface area (Å²) in [4.78, 5) is 38.1. The van der Waals surface area contributed by atoms with E-state index in [1.165, 1.54) is 17.6 Å². The summed E-state index contributed by atoms with van der Waals surface area (Å²) in [6, 6.07) is 16.8. The van der Waals surface area contributed by atoms with E-state index in [0.717, 1.165) is 24.8 Å². The third kappa shape index (κ3) is 6.10. The normalized spacial score (nSPS) is 14.6. The van der Waals surface area contributed by atoms with Gasteiger partial charge in [-0.25, -0.2) is 4.79 Å². The van der Waals surface area contributed by atoms with Crippen molar-refractivity contribution >= 4 is 45.7 Å². The monoisotopic (exact) mass is 511 g/mol. The standard InChI is InChI=1S/C27H26ClNO5S/c1-33-27(32)25-21-12-9-19(17-5-3-2-4-6-17)15-23(21)35-26(25)29-14-13-24(31)34-16-22(30)18-7-10-20(28)11-8-18/h2-8,10-11,19,29H,9,12-16H2,1H3. The third-order valence-electron chi connectivity index (χ3n) is 6.07. The predicted molar refractivity (Wildman–Crippen MR) is 137 cm³/mol. The van der Waals surface area contributed by atoms with Crippen molar-refractivity contribution in [3.05, 3.63) is 86.8 Å². The largest absolute Gasteiger partial charge is 0.465 e. The first-order valence-electron chi connectivity index (χ1n) is 11.4. The number of ketones is 1. The van der Waals surface area contributed by atoms with Crippen LogP contribution in [-0.4, -0.2) is 38.0 Å². The number of methoxy groups -OCH3 is 1. The number of esters is 2. The molecule has 1 atom stereocenters. The first kappa shape index (κ1) is 24.9. The van der Waals surface area contributed by atoms with E-state index < -0.39 is 5.97 Å². The van der Waals surface area contributed by atoms with Crippen molar-refractivity contribution in [2.24, 2.45) is 0 Å². The smallest absolute Gasteiger partial charge is 0.341 e. The van der Waals surface area contributed by atoms with Crippen molar-refractivity contribution in [1.29, 1.82) is 0 Å². The Morgan fingerprint density at radius 3 is 2.54 bits per heavy atom. The van der Waals surface area contributed by atoms with Gasteiger partial charge in [0.2, 0.25) is 0 Å². The van der Waals surface area contributed by atoms with Crippen LogP contribution in [0.15, 0.2) is 54.6 Å². The van der Waals surface area contributed by atoms with Crippen molar-refractivity contribution in [2.75, 3.05) is 25.6 Å². The molecule has 3 aromatic rings. The summed E-state index contributed by atoms with van der Waals surface area (Å²) < 4.78 is 10.2. The minimum atomic E-state index is -0.495. The van der Waals surface area contributed by atoms with E-state index in [0.29, 0.717) is 27.1 Å². The average molecular weight is 512 g/mol. The SMILES string of the molecule is COC(=O)c1c(NCCC(=O)OCC(=O)c2ccc(Cl)cc2)sc2c1CCC(c1ccccc1)C2. The Morgan fingerprint density at radius 1 is 1.09 bits per heavy atom. The van der Waals surface area contributed by atoms with Gasteiger partial charge >= 0.3 is 11.9 Å². The molecule has 0 saturated carbocycles. The minimum Gasteiger partial charge on any atom is -0.465 e. The summed E-state index contributed by atoms with van der Waals surface area (Å²) in [5.74, 6) is -0.757. The number of carbonyl (C=O) groups excluding carboxylic acids is 3. The fourth-order valence-electron chi connectivity index (χ4n) is 4.25. The second-order valence-corrected chi connectivity index (χ2v) is 9.86. The first-order valence-corrected chi connectivity index (χ1v) is 12.6. The molecule has 182 valence electrons. The van der Waals surface area contributed by atoms with E-state index in [9.17, 15) is 14.4 Å². The molecule has 1 heterocycles. The summed E-state index contributed by atoms with van der Waals surface area (Å²) in [6.45, 7) is -0.0540. The molecule has 0 aliphatic heterocycles. The number of nitrogens with one attached hydrogen (secondary N) is 1. The number of thiophene rings is 1. The Kier molecular flexibility index (Phi) is 8.21. The highest BCUT2D eigenvalue weighted by Crippen LogP contribution is 2.42. The van der Waals surface area contributed by atoms with Gasteiger partial charge in [0.05, 0.1) is 19.1 Å². The van der Waals surface area contributed by atoms with Gasteiger partial charge < -0.3 is 14.8 Å². The van der Waals surface area contributed by atoms with Crippen molar-refractivity contribution in [3.8, 4) is 0 Å². The zero-order valence-electron chi connectivity index (χ0n) is 19.3. The van der Waals surface area contributed by atoms with E-state index in [4.69, 9.17) is 21.1 Å². The number of hydrogen-bond acceptors (Lipinski definition) is 7. The molecule has 6 nitrogen and oxygen atoms in total. The number of fused-ring (bicyclic) bond motifs is 1. The number of anilines is 1. The van der Waals surface area contributed by atoms with Crippen LogP contribution in [0.2, 0.25) is 5.02 Å². The first-order chi connectivity index (χ1) is 17.0. The van der Waals surface area contributed by atoms with E-state index in [1.807, 2.05) is 18.2 Å². The van der Waals surface area contributed by atoms with Crippen LogP contribution < -0.4 is 5.32 Å². The van der Waals surface area contributed by atoms with E-state index in [2.05, 4.69) is 17.4 Å². The minimum absolute atomic E-state index is 0.0592. The molecule has 1 aliphatic carbocycles. The van der Waals surface area contributed by atoms with Crippen molar-refractivity contribution < 1.29 is 23.9 Å². The Balaban J connectivity index is 1.35. The van der Waals surface area contributed by atoms with Crippen LogP contribution in [0.5, 0.6) is 0 Å². The Morgan fingerprint density at radius 2 is 1.83 bits per heavy atom. The summed E-state index contributed by atoms with van der Waals surface area (Å²) in [7, 11) is 1.38. The number of ether oxygens (including phenoxy) is 2. The van der Waals surface area contributed by atoms with Gasteiger partial charge in [0, 0.05) is 22.0 Å². The number of benzene rings is 2. The van der Waals surface area contributed by atoms with E-state index in [1.54, 1.807) is 35.6 Å². The molecule has 1 unspecified atom stereocenters. The van der Waals surface area contributed by atoms with Crippen LogP contribution >= 0.6 is 22.9 Å². The molecule has 0 fully saturated rings. The zero-order chi connectivity index (χ0) is 24.8. The van der Waals surface area contributed by atoms with Gasteiger partial charge in [0.25, 0.3) is 0 Å². The Hall–Kier alpha value is -3.16. The lowest BCUT2D eigenvalue weighted by molar-refractivity contribution is -0.142. The zero-order valence-corrected chi connectivity index (χ0v) is 20.9. The molecule has 4 rings (SSSR count). The molecule has 0 bridgehead atoms. The number of Topliss-reactive ketones (excluding diaryl/α,β-unsaturated/α-hetero) is 1. The second kappa shape index (κ2) is 11.5. The lowest BCUT2D eigenvalue weighted by atomic mass is 9.83. The number of rotatable bonds is 9. The Labute approximate surface area is 213 Å². The van der Waals surface area contributed by atoms with Gasteiger partial charge in [0.1, 0.15) is 5.00 Å². The number of hydrogen-bond donors (Lipinski definition) is 1. The third-order valence-corrected chi connectivity index (χ3v) is 7.53. The molecule has 1 N–H and O–H groups in total. The van der Waals surface area contributed by atoms with Crippen LogP contribution in [-0.2, 0) is 27.1 Å². The fraction of sp³-hybridized carbons (Fsp3) is 0.296. The molecule has 1 aromatic heterocycles. The second-order valence-electron chi connectivity index (χ2n) is 8.32. The van der Waals surface area contributed by atoms with Crippen LogP contribution in [0.3, 0.4) is 0 Å². The van der Waals surface area contributed by atoms with Crippen LogP contribution in [0.25, 0.3) is 0 Å². The van der Waals surface area contributed by atoms with E-state index in [-0.39, 0.29) is 31.3 Å². The van der Waals surface area contributed by atoms with Gasteiger partial charge in [-0.15, -0.1) is 11.3 Å². The lowest BCUT2D eigenvalue weighted by Gasteiger charge is -2.22.